The van der Waals surface area contributed by atoms with E-state index in [1.54, 1.807) is 18.2 Å². The number of nitrogens with one attached hydrogen (secondary N) is 1. The van der Waals surface area contributed by atoms with Crippen LogP contribution in [0.2, 0.25) is 5.02 Å². The third kappa shape index (κ3) is 4.64. The lowest BCUT2D eigenvalue weighted by Gasteiger charge is -2.19. The Kier molecular flexibility index (Phi) is 6.26. The van der Waals surface area contributed by atoms with Crippen molar-refractivity contribution in [3.8, 4) is 22.6 Å². The molecule has 178 valence electrons. The van der Waals surface area contributed by atoms with E-state index < -0.39 is 18.6 Å². The van der Waals surface area contributed by atoms with Gasteiger partial charge in [-0.05, 0) is 41.5 Å². The van der Waals surface area contributed by atoms with Gasteiger partial charge < -0.3 is 29.5 Å². The summed E-state index contributed by atoms with van der Waals surface area (Å²) >= 11 is 6.75. The lowest BCUT2D eigenvalue weighted by molar-refractivity contribution is -0.139. The van der Waals surface area contributed by atoms with Gasteiger partial charge in [-0.15, -0.1) is 0 Å². The van der Waals surface area contributed by atoms with Gasteiger partial charge in [-0.25, -0.2) is 4.79 Å². The molecule has 3 N–H and O–H groups in total. The van der Waals surface area contributed by atoms with E-state index in [0.29, 0.717) is 57.8 Å². The van der Waals surface area contributed by atoms with Gasteiger partial charge >= 0.3 is 5.97 Å². The summed E-state index contributed by atoms with van der Waals surface area (Å²) in [6.45, 7) is 0.439. The summed E-state index contributed by atoms with van der Waals surface area (Å²) in [5.74, 6) is 0.659. The molecule has 0 fully saturated rings. The molecule has 0 aliphatic carbocycles. The first-order valence-corrected chi connectivity index (χ1v) is 11.1. The maximum atomic E-state index is 11.0. The van der Waals surface area contributed by atoms with Crippen molar-refractivity contribution in [2.45, 2.75) is 6.04 Å². The molecule has 2 heterocycles. The van der Waals surface area contributed by atoms with Crippen molar-refractivity contribution >= 4 is 46.3 Å². The Bertz CT molecular complexity index is 1430. The van der Waals surface area contributed by atoms with E-state index in [-0.39, 0.29) is 0 Å². The highest BCUT2D eigenvalue weighted by Gasteiger charge is 2.17. The molecule has 1 aliphatic heterocycles. The van der Waals surface area contributed by atoms with Crippen molar-refractivity contribution in [3.05, 3.63) is 65.2 Å². The fourth-order valence-electron chi connectivity index (χ4n) is 3.68. The van der Waals surface area contributed by atoms with Gasteiger partial charge in [0, 0.05) is 11.8 Å². The fraction of sp³-hybridized carbons (Fsp3) is 0.160. The molecule has 1 atom stereocenters. The van der Waals surface area contributed by atoms with E-state index in [2.05, 4.69) is 15.5 Å². The highest BCUT2D eigenvalue weighted by Crippen LogP contribution is 2.40. The van der Waals surface area contributed by atoms with Gasteiger partial charge in [-0.3, -0.25) is 4.99 Å². The highest BCUT2D eigenvalue weighted by atomic mass is 35.5. The lowest BCUT2D eigenvalue weighted by Crippen LogP contribution is -2.22. The smallest absolute Gasteiger partial charge is 0.330 e. The van der Waals surface area contributed by atoms with Gasteiger partial charge in [0.05, 0.1) is 22.7 Å². The first-order chi connectivity index (χ1) is 17.0. The van der Waals surface area contributed by atoms with Crippen LogP contribution >= 0.6 is 11.6 Å². The van der Waals surface area contributed by atoms with Crippen LogP contribution in [0.25, 0.3) is 22.1 Å². The number of carboxylic acid groups (broad SMARTS) is 1. The van der Waals surface area contributed by atoms with Crippen LogP contribution in [-0.2, 0) is 4.79 Å². The molecule has 10 heteroatoms. The number of aliphatic imine (C=N–C) groups is 1. The summed E-state index contributed by atoms with van der Waals surface area (Å²) in [7, 11) is 0. The van der Waals surface area contributed by atoms with E-state index in [1.165, 1.54) is 6.21 Å². The van der Waals surface area contributed by atoms with E-state index in [1.807, 2.05) is 36.4 Å². The molecule has 35 heavy (non-hydrogen) atoms. The number of hydrogen-bond donors (Lipinski definition) is 3. The van der Waals surface area contributed by atoms with E-state index in [9.17, 15) is 4.79 Å². The number of ether oxygens (including phenoxy) is 2. The normalized spacial score (nSPS) is 13.8. The SMILES string of the molecule is O=C(O)[C@H](CO)N=Cc1ccc2c(Nc3cccc(-c4ccc5c(c4)OCCO5)c3Cl)noc2c1. The second-order valence-electron chi connectivity index (χ2n) is 7.75. The largest absolute Gasteiger partial charge is 0.486 e. The summed E-state index contributed by atoms with van der Waals surface area (Å²) in [6.07, 6.45) is 1.37. The number of anilines is 2. The van der Waals surface area contributed by atoms with Crippen molar-refractivity contribution in [2.75, 3.05) is 25.1 Å². The fourth-order valence-corrected chi connectivity index (χ4v) is 3.96. The number of carboxylic acids is 1. The zero-order valence-electron chi connectivity index (χ0n) is 18.3. The van der Waals surface area contributed by atoms with Crippen LogP contribution in [-0.4, -0.2) is 53.4 Å². The molecule has 0 unspecified atom stereocenters. The van der Waals surface area contributed by atoms with Gasteiger partial charge in [0.15, 0.2) is 28.9 Å². The molecule has 1 aliphatic rings. The monoisotopic (exact) mass is 493 g/mol. The number of rotatable bonds is 7. The Labute approximate surface area is 204 Å². The summed E-state index contributed by atoms with van der Waals surface area (Å²) in [5.41, 5.74) is 3.44. The third-order valence-corrected chi connectivity index (χ3v) is 5.87. The van der Waals surface area contributed by atoms with Crippen molar-refractivity contribution in [2.24, 2.45) is 4.99 Å². The summed E-state index contributed by atoms with van der Waals surface area (Å²) in [5, 5.41) is 26.7. The predicted molar refractivity (Wildman–Crippen MR) is 131 cm³/mol. The van der Waals surface area contributed by atoms with E-state index in [4.69, 9.17) is 35.8 Å². The van der Waals surface area contributed by atoms with Crippen LogP contribution in [0.5, 0.6) is 11.5 Å². The minimum atomic E-state index is -1.22. The predicted octanol–water partition coefficient (Wildman–Crippen LogP) is 4.53. The number of aliphatic hydroxyl groups is 1. The number of carbonyl (C=O) groups is 1. The number of halogens is 1. The Balaban J connectivity index is 1.40. The number of aliphatic carboxylic acids is 1. The molecule has 1 aromatic heterocycles. The number of aliphatic hydroxyl groups excluding tert-OH is 1. The average Bonchev–Trinajstić information content (AvgIpc) is 3.27. The molecule has 5 rings (SSSR count). The average molecular weight is 494 g/mol. The second kappa shape index (κ2) is 9.65. The minimum absolute atomic E-state index is 0.475. The zero-order chi connectivity index (χ0) is 24.4. The first kappa shape index (κ1) is 22.7. The number of hydrogen-bond acceptors (Lipinski definition) is 8. The second-order valence-corrected chi connectivity index (χ2v) is 8.13. The summed E-state index contributed by atoms with van der Waals surface area (Å²) in [4.78, 5) is 14.9. The van der Waals surface area contributed by atoms with Gasteiger partial charge in [0.1, 0.15) is 13.2 Å². The van der Waals surface area contributed by atoms with Crippen LogP contribution in [0, 0.1) is 0 Å². The molecule has 0 saturated heterocycles. The van der Waals surface area contributed by atoms with Crippen molar-refractivity contribution in [3.63, 3.8) is 0 Å². The van der Waals surface area contributed by atoms with Crippen LogP contribution < -0.4 is 14.8 Å². The van der Waals surface area contributed by atoms with Crippen LogP contribution in [0.15, 0.2) is 64.1 Å². The zero-order valence-corrected chi connectivity index (χ0v) is 19.0. The quantitative estimate of drug-likeness (QED) is 0.320. The molecule has 0 saturated carbocycles. The molecule has 9 nitrogen and oxygen atoms in total. The van der Waals surface area contributed by atoms with Crippen molar-refractivity contribution in [1.82, 2.24) is 5.16 Å². The van der Waals surface area contributed by atoms with Crippen molar-refractivity contribution in [1.29, 1.82) is 0 Å². The molecule has 0 amide bonds. The van der Waals surface area contributed by atoms with Gasteiger partial charge in [-0.2, -0.15) is 0 Å². The van der Waals surface area contributed by atoms with Crippen LogP contribution in [0.1, 0.15) is 5.56 Å². The summed E-state index contributed by atoms with van der Waals surface area (Å²) < 4.78 is 16.7. The molecular formula is C25H20ClN3O6. The first-order valence-electron chi connectivity index (χ1n) is 10.8. The Hall–Kier alpha value is -4.08. The van der Waals surface area contributed by atoms with Crippen molar-refractivity contribution < 1.29 is 29.0 Å². The standard InChI is InChI=1S/C25H20ClN3O6/c26-23-16(15-5-7-20-22(11-15)34-9-8-33-20)2-1-3-18(23)28-24-17-6-4-14(10-21(17)35-29-24)12-27-19(13-30)25(31)32/h1-7,10-12,19,30H,8-9,13H2,(H,28,29)(H,31,32)/t19-/m0/s1. The van der Waals surface area contributed by atoms with Crippen LogP contribution in [0.4, 0.5) is 11.5 Å². The maximum Gasteiger partial charge on any atom is 0.330 e. The van der Waals surface area contributed by atoms with Crippen LogP contribution in [0.3, 0.4) is 0 Å². The van der Waals surface area contributed by atoms with Gasteiger partial charge in [-0.1, -0.05) is 41.0 Å². The number of aromatic nitrogens is 1. The molecule has 4 aromatic rings. The Morgan fingerprint density at radius 2 is 1.97 bits per heavy atom. The highest BCUT2D eigenvalue weighted by molar-refractivity contribution is 6.36. The minimum Gasteiger partial charge on any atom is -0.486 e. The Morgan fingerprint density at radius 3 is 2.77 bits per heavy atom. The lowest BCUT2D eigenvalue weighted by atomic mass is 10.0. The van der Waals surface area contributed by atoms with E-state index >= 15 is 0 Å². The number of nitrogens with zero attached hydrogens (tertiary/aromatic N) is 2. The Morgan fingerprint density at radius 1 is 1.14 bits per heavy atom. The molecule has 0 bridgehead atoms. The number of benzene rings is 3. The topological polar surface area (TPSA) is 126 Å². The molecular weight excluding hydrogens is 474 g/mol. The third-order valence-electron chi connectivity index (χ3n) is 5.46. The molecule has 0 radical (unpaired) electrons. The van der Waals surface area contributed by atoms with Gasteiger partial charge in [0.2, 0.25) is 0 Å². The molecule has 0 spiro atoms. The number of fused-ring (bicyclic) bond motifs is 2. The summed E-state index contributed by atoms with van der Waals surface area (Å²) in [6, 6.07) is 15.3. The molecule has 3 aromatic carbocycles. The maximum absolute atomic E-state index is 11.0. The van der Waals surface area contributed by atoms with Gasteiger partial charge in [0.25, 0.3) is 0 Å². The van der Waals surface area contributed by atoms with E-state index in [0.717, 1.165) is 11.1 Å².